The Labute approximate surface area is 150 Å². The number of rotatable bonds is 5. The van der Waals surface area contributed by atoms with E-state index in [1.54, 1.807) is 37.4 Å². The third-order valence-electron chi connectivity index (χ3n) is 4.34. The molecule has 0 atom stereocenters. The van der Waals surface area contributed by atoms with Crippen LogP contribution in [0.25, 0.3) is 0 Å². The van der Waals surface area contributed by atoms with Crippen LogP contribution in [0.5, 0.6) is 0 Å². The fraction of sp³-hybridized carbons (Fsp3) is 0.333. The number of piperidine rings is 1. The molecule has 25 heavy (non-hydrogen) atoms. The van der Waals surface area contributed by atoms with Gasteiger partial charge in [-0.25, -0.2) is 0 Å². The van der Waals surface area contributed by atoms with Gasteiger partial charge in [0.25, 0.3) is 11.8 Å². The maximum Gasteiger partial charge on any atom is 0.265 e. The maximum atomic E-state index is 12.7. The highest BCUT2D eigenvalue weighted by molar-refractivity contribution is 7.12. The lowest BCUT2D eigenvalue weighted by Gasteiger charge is -2.34. The minimum Gasteiger partial charge on any atom is -0.368 e. The zero-order valence-electron chi connectivity index (χ0n) is 14.0. The molecule has 1 aliphatic heterocycles. The van der Waals surface area contributed by atoms with E-state index >= 15 is 0 Å². The Morgan fingerprint density at radius 1 is 1.12 bits per heavy atom. The summed E-state index contributed by atoms with van der Waals surface area (Å²) in [5.41, 5.74) is 0.457. The summed E-state index contributed by atoms with van der Waals surface area (Å²) in [5, 5.41) is 10.8. The van der Waals surface area contributed by atoms with Crippen molar-refractivity contribution >= 4 is 34.5 Å². The molecule has 6 nitrogen and oxygen atoms in total. The van der Waals surface area contributed by atoms with E-state index in [-0.39, 0.29) is 11.8 Å². The number of hydrogen-bond donors (Lipinski definition) is 3. The van der Waals surface area contributed by atoms with E-state index in [0.717, 1.165) is 13.1 Å². The van der Waals surface area contributed by atoms with Crippen LogP contribution < -0.4 is 16.0 Å². The van der Waals surface area contributed by atoms with E-state index in [4.69, 9.17) is 4.74 Å². The highest BCUT2D eigenvalue weighted by Crippen LogP contribution is 2.25. The summed E-state index contributed by atoms with van der Waals surface area (Å²) in [4.78, 5) is 25.5. The molecule has 1 saturated heterocycles. The summed E-state index contributed by atoms with van der Waals surface area (Å²) in [6, 6.07) is 10.7. The second kappa shape index (κ2) is 7.77. The van der Waals surface area contributed by atoms with Crippen molar-refractivity contribution in [3.05, 3.63) is 46.7 Å². The molecule has 1 aliphatic rings. The Hall–Kier alpha value is -2.22. The van der Waals surface area contributed by atoms with E-state index in [1.807, 2.05) is 11.4 Å². The van der Waals surface area contributed by atoms with Crippen LogP contribution in [0.4, 0.5) is 11.4 Å². The molecule has 1 aromatic heterocycles. The number of nitrogens with one attached hydrogen (secondary N) is 3. The SMILES string of the molecule is COC1(C(=O)Nc2cccc(NC(=O)c3cccs3)c2)CCNCC1. The average molecular weight is 359 g/mol. The molecule has 0 bridgehead atoms. The molecular weight excluding hydrogens is 338 g/mol. The van der Waals surface area contributed by atoms with Crippen molar-refractivity contribution in [1.29, 1.82) is 0 Å². The molecule has 3 N–H and O–H groups in total. The number of hydrogen-bond acceptors (Lipinski definition) is 5. The number of carbonyl (C=O) groups is 2. The first kappa shape index (κ1) is 17.6. The Balaban J connectivity index is 1.69. The van der Waals surface area contributed by atoms with Crippen LogP contribution in [0.3, 0.4) is 0 Å². The van der Waals surface area contributed by atoms with E-state index in [1.165, 1.54) is 11.3 Å². The number of carbonyl (C=O) groups excluding carboxylic acids is 2. The maximum absolute atomic E-state index is 12.7. The van der Waals surface area contributed by atoms with Crippen molar-refractivity contribution in [2.24, 2.45) is 0 Å². The number of amides is 2. The molecular formula is C18H21N3O3S. The van der Waals surface area contributed by atoms with Gasteiger partial charge in [0.05, 0.1) is 4.88 Å². The lowest BCUT2D eigenvalue weighted by atomic mass is 9.91. The van der Waals surface area contributed by atoms with Crippen molar-refractivity contribution in [3.8, 4) is 0 Å². The topological polar surface area (TPSA) is 79.5 Å². The van der Waals surface area contributed by atoms with E-state index < -0.39 is 5.60 Å². The number of ether oxygens (including phenoxy) is 1. The molecule has 0 spiro atoms. The van der Waals surface area contributed by atoms with Crippen LogP contribution in [-0.4, -0.2) is 37.6 Å². The highest BCUT2D eigenvalue weighted by atomic mass is 32.1. The standard InChI is InChI=1S/C18H21N3O3S/c1-24-18(7-9-19-10-8-18)17(23)21-14-5-2-4-13(12-14)20-16(22)15-6-3-11-25-15/h2-6,11-12,19H,7-10H2,1H3,(H,20,22)(H,21,23). The minimum atomic E-state index is -0.804. The molecule has 2 heterocycles. The molecule has 0 aliphatic carbocycles. The second-order valence-electron chi connectivity index (χ2n) is 5.91. The van der Waals surface area contributed by atoms with Gasteiger partial charge in [-0.3, -0.25) is 9.59 Å². The monoisotopic (exact) mass is 359 g/mol. The van der Waals surface area contributed by atoms with E-state index in [9.17, 15) is 9.59 Å². The normalized spacial score (nSPS) is 16.2. The van der Waals surface area contributed by atoms with Gasteiger partial charge in [-0.05, 0) is 55.6 Å². The molecule has 132 valence electrons. The number of thiophene rings is 1. The van der Waals surface area contributed by atoms with Crippen LogP contribution in [0.15, 0.2) is 41.8 Å². The molecule has 1 aromatic carbocycles. The molecule has 1 fully saturated rings. The molecule has 0 radical (unpaired) electrons. The zero-order chi connectivity index (χ0) is 17.7. The quantitative estimate of drug-likeness (QED) is 0.767. The average Bonchev–Trinajstić information content (AvgIpc) is 3.17. The van der Waals surface area contributed by atoms with Gasteiger partial charge in [0.2, 0.25) is 0 Å². The zero-order valence-corrected chi connectivity index (χ0v) is 14.8. The van der Waals surface area contributed by atoms with E-state index in [0.29, 0.717) is 29.1 Å². The van der Waals surface area contributed by atoms with Crippen LogP contribution >= 0.6 is 11.3 Å². The largest absolute Gasteiger partial charge is 0.368 e. The fourth-order valence-electron chi connectivity index (χ4n) is 2.87. The van der Waals surface area contributed by atoms with Gasteiger partial charge in [0.1, 0.15) is 5.60 Å². The third kappa shape index (κ3) is 4.07. The number of anilines is 2. The van der Waals surface area contributed by atoms with E-state index in [2.05, 4.69) is 16.0 Å². The third-order valence-corrected chi connectivity index (χ3v) is 5.21. The Bertz CT molecular complexity index is 740. The van der Waals surface area contributed by atoms with Crippen molar-refractivity contribution in [3.63, 3.8) is 0 Å². The van der Waals surface area contributed by atoms with Crippen LogP contribution in [0.2, 0.25) is 0 Å². The molecule has 0 unspecified atom stereocenters. The van der Waals surface area contributed by atoms with Crippen LogP contribution in [-0.2, 0) is 9.53 Å². The summed E-state index contributed by atoms with van der Waals surface area (Å²) < 4.78 is 5.54. The number of methoxy groups -OCH3 is 1. The van der Waals surface area contributed by atoms with Gasteiger partial charge in [0, 0.05) is 18.5 Å². The van der Waals surface area contributed by atoms with Gasteiger partial charge in [-0.1, -0.05) is 12.1 Å². The van der Waals surface area contributed by atoms with Gasteiger partial charge in [0.15, 0.2) is 0 Å². The predicted molar refractivity (Wildman–Crippen MR) is 99.2 cm³/mol. The van der Waals surface area contributed by atoms with Crippen molar-refractivity contribution in [2.45, 2.75) is 18.4 Å². The first-order valence-electron chi connectivity index (χ1n) is 8.15. The number of benzene rings is 1. The summed E-state index contributed by atoms with van der Waals surface area (Å²) in [7, 11) is 1.57. The first-order chi connectivity index (χ1) is 12.1. The summed E-state index contributed by atoms with van der Waals surface area (Å²) in [6.45, 7) is 1.50. The smallest absolute Gasteiger partial charge is 0.265 e. The summed E-state index contributed by atoms with van der Waals surface area (Å²) >= 11 is 1.38. The molecule has 2 amide bonds. The second-order valence-corrected chi connectivity index (χ2v) is 6.86. The fourth-order valence-corrected chi connectivity index (χ4v) is 3.49. The van der Waals surface area contributed by atoms with Gasteiger partial charge in [-0.2, -0.15) is 0 Å². The Morgan fingerprint density at radius 3 is 2.48 bits per heavy atom. The lowest BCUT2D eigenvalue weighted by molar-refractivity contribution is -0.140. The highest BCUT2D eigenvalue weighted by Gasteiger charge is 2.39. The van der Waals surface area contributed by atoms with Crippen LogP contribution in [0.1, 0.15) is 22.5 Å². The summed E-state index contributed by atoms with van der Waals surface area (Å²) in [5.74, 6) is -0.316. The molecule has 0 saturated carbocycles. The lowest BCUT2D eigenvalue weighted by Crippen LogP contribution is -2.51. The van der Waals surface area contributed by atoms with Crippen molar-refractivity contribution in [1.82, 2.24) is 5.32 Å². The predicted octanol–water partition coefficient (Wildman–Crippen LogP) is 2.71. The van der Waals surface area contributed by atoms with Crippen molar-refractivity contribution < 1.29 is 14.3 Å². The Morgan fingerprint density at radius 2 is 1.84 bits per heavy atom. The van der Waals surface area contributed by atoms with Crippen LogP contribution in [0, 0.1) is 0 Å². The molecule has 7 heteroatoms. The van der Waals surface area contributed by atoms with Gasteiger partial charge in [-0.15, -0.1) is 11.3 Å². The molecule has 2 aromatic rings. The Kier molecular flexibility index (Phi) is 5.47. The van der Waals surface area contributed by atoms with Crippen molar-refractivity contribution in [2.75, 3.05) is 30.8 Å². The minimum absolute atomic E-state index is 0.154. The van der Waals surface area contributed by atoms with Gasteiger partial charge >= 0.3 is 0 Å². The molecule has 3 rings (SSSR count). The summed E-state index contributed by atoms with van der Waals surface area (Å²) in [6.07, 6.45) is 1.26. The first-order valence-corrected chi connectivity index (χ1v) is 9.03. The van der Waals surface area contributed by atoms with Gasteiger partial charge < -0.3 is 20.7 Å².